The monoisotopic (exact) mass is 273 g/mol. The van der Waals surface area contributed by atoms with E-state index in [0.717, 1.165) is 12.8 Å². The highest BCUT2D eigenvalue weighted by atomic mass is 14.3. The van der Waals surface area contributed by atoms with E-state index in [-0.39, 0.29) is 5.41 Å². The Bertz CT molecular complexity index is 722. The van der Waals surface area contributed by atoms with Crippen LogP contribution in [-0.2, 0) is 5.41 Å². The molecule has 3 aromatic carbocycles. The molecule has 0 saturated carbocycles. The molecule has 0 aromatic heterocycles. The van der Waals surface area contributed by atoms with Crippen molar-refractivity contribution >= 4 is 10.8 Å². The Kier molecular flexibility index (Phi) is 3.79. The first kappa shape index (κ1) is 13.9. The Morgan fingerprint density at radius 1 is 0.810 bits per heavy atom. The van der Waals surface area contributed by atoms with Gasteiger partial charge in [-0.15, -0.1) is 0 Å². The van der Waals surface area contributed by atoms with E-state index in [1.165, 1.54) is 21.9 Å². The van der Waals surface area contributed by atoms with Crippen molar-refractivity contribution in [1.82, 2.24) is 0 Å². The van der Waals surface area contributed by atoms with Gasteiger partial charge < -0.3 is 0 Å². The van der Waals surface area contributed by atoms with E-state index >= 15 is 0 Å². The molecule has 0 spiro atoms. The largest absolute Gasteiger partial charge is 0.0622 e. The minimum Gasteiger partial charge on any atom is -0.0622 e. The highest BCUT2D eigenvalue weighted by Gasteiger charge is 2.29. The lowest BCUT2D eigenvalue weighted by Crippen LogP contribution is -2.23. The van der Waals surface area contributed by atoms with Crippen LogP contribution in [-0.4, -0.2) is 0 Å². The van der Waals surface area contributed by atoms with Crippen LogP contribution in [0.5, 0.6) is 0 Å². The lowest BCUT2D eigenvalue weighted by atomic mass is 9.71. The minimum absolute atomic E-state index is 0.00384. The molecule has 1 unspecified atom stereocenters. The second kappa shape index (κ2) is 5.73. The van der Waals surface area contributed by atoms with Gasteiger partial charge in [-0.1, -0.05) is 93.1 Å². The van der Waals surface area contributed by atoms with E-state index < -0.39 is 0 Å². The molecule has 0 heterocycles. The number of hydrogen-bond acceptors (Lipinski definition) is 0. The maximum absolute atomic E-state index is 4.10. The molecule has 105 valence electrons. The van der Waals surface area contributed by atoms with Crippen molar-refractivity contribution in [3.05, 3.63) is 90.8 Å². The van der Waals surface area contributed by atoms with Crippen LogP contribution in [0.1, 0.15) is 30.9 Å². The highest BCUT2D eigenvalue weighted by Crippen LogP contribution is 2.39. The second-order valence-corrected chi connectivity index (χ2v) is 5.83. The van der Waals surface area contributed by atoms with Crippen molar-refractivity contribution in [2.45, 2.75) is 25.2 Å². The third-order valence-electron chi connectivity index (χ3n) is 4.47. The summed E-state index contributed by atoms with van der Waals surface area (Å²) in [6, 6.07) is 26.1. The van der Waals surface area contributed by atoms with Crippen LogP contribution in [0.2, 0.25) is 0 Å². The fourth-order valence-electron chi connectivity index (χ4n) is 3.30. The molecular formula is C21H21. The molecular weight excluding hydrogens is 252 g/mol. The van der Waals surface area contributed by atoms with Crippen LogP contribution >= 0.6 is 0 Å². The molecule has 3 rings (SSSR count). The van der Waals surface area contributed by atoms with E-state index in [4.69, 9.17) is 0 Å². The van der Waals surface area contributed by atoms with Crippen molar-refractivity contribution < 1.29 is 0 Å². The molecule has 3 aromatic rings. The van der Waals surface area contributed by atoms with Crippen LogP contribution in [0.25, 0.3) is 10.8 Å². The molecule has 0 N–H and O–H groups in total. The zero-order valence-corrected chi connectivity index (χ0v) is 12.5. The summed E-state index contributed by atoms with van der Waals surface area (Å²) < 4.78 is 0. The maximum Gasteiger partial charge on any atom is 0.0180 e. The van der Waals surface area contributed by atoms with Gasteiger partial charge in [0.15, 0.2) is 0 Å². The summed E-state index contributed by atoms with van der Waals surface area (Å²) in [7, 11) is 0. The summed E-state index contributed by atoms with van der Waals surface area (Å²) in [5.74, 6) is 0. The quantitative estimate of drug-likeness (QED) is 0.567. The van der Waals surface area contributed by atoms with Gasteiger partial charge in [0.05, 0.1) is 0 Å². The first-order chi connectivity index (χ1) is 10.3. The average molecular weight is 273 g/mol. The number of benzene rings is 3. The SMILES string of the molecule is [CH2]CCC(C)(c1ccccc1)c1cccc2ccccc12. The Hall–Kier alpha value is -2.08. The third-order valence-corrected chi connectivity index (χ3v) is 4.47. The van der Waals surface area contributed by atoms with E-state index in [1.54, 1.807) is 0 Å². The molecule has 0 aliphatic carbocycles. The van der Waals surface area contributed by atoms with Gasteiger partial charge in [-0.25, -0.2) is 0 Å². The normalized spacial score (nSPS) is 14.0. The van der Waals surface area contributed by atoms with Gasteiger partial charge in [-0.05, 0) is 28.3 Å². The summed E-state index contributed by atoms with van der Waals surface area (Å²) in [6.45, 7) is 6.44. The average Bonchev–Trinajstić information content (AvgIpc) is 2.55. The zero-order valence-electron chi connectivity index (χ0n) is 12.5. The number of hydrogen-bond donors (Lipinski definition) is 0. The highest BCUT2D eigenvalue weighted by molar-refractivity contribution is 5.87. The van der Waals surface area contributed by atoms with E-state index in [2.05, 4.69) is 86.6 Å². The van der Waals surface area contributed by atoms with Gasteiger partial charge in [0.2, 0.25) is 0 Å². The first-order valence-electron chi connectivity index (χ1n) is 7.59. The predicted octanol–water partition coefficient (Wildman–Crippen LogP) is 5.76. The standard InChI is InChI=1S/C21H21/c1-3-16-21(2,18-12-5-4-6-13-18)20-15-9-11-17-10-7-8-14-19(17)20/h4-15H,1,3,16H2,2H3. The molecule has 21 heavy (non-hydrogen) atoms. The van der Waals surface area contributed by atoms with Crippen molar-refractivity contribution in [3.63, 3.8) is 0 Å². The Labute approximate surface area is 127 Å². The summed E-state index contributed by atoms with van der Waals surface area (Å²) >= 11 is 0. The van der Waals surface area contributed by atoms with Crippen molar-refractivity contribution in [3.8, 4) is 0 Å². The van der Waals surface area contributed by atoms with E-state index in [0.29, 0.717) is 0 Å². The Morgan fingerprint density at radius 3 is 2.24 bits per heavy atom. The van der Waals surface area contributed by atoms with Crippen LogP contribution in [0, 0.1) is 6.92 Å². The van der Waals surface area contributed by atoms with Gasteiger partial charge >= 0.3 is 0 Å². The molecule has 0 heteroatoms. The summed E-state index contributed by atoms with van der Waals surface area (Å²) in [6.07, 6.45) is 1.97. The van der Waals surface area contributed by atoms with E-state index in [1.807, 2.05) is 0 Å². The lowest BCUT2D eigenvalue weighted by Gasteiger charge is -2.32. The van der Waals surface area contributed by atoms with Gasteiger partial charge in [0.1, 0.15) is 0 Å². The van der Waals surface area contributed by atoms with Crippen molar-refractivity contribution in [2.24, 2.45) is 0 Å². The van der Waals surface area contributed by atoms with Crippen LogP contribution in [0.4, 0.5) is 0 Å². The predicted molar refractivity (Wildman–Crippen MR) is 91.4 cm³/mol. The van der Waals surface area contributed by atoms with Crippen LogP contribution in [0.3, 0.4) is 0 Å². The molecule has 0 nitrogen and oxygen atoms in total. The Balaban J connectivity index is 2.25. The summed E-state index contributed by atoms with van der Waals surface area (Å²) in [5.41, 5.74) is 2.77. The van der Waals surface area contributed by atoms with Gasteiger partial charge in [0, 0.05) is 5.41 Å². The summed E-state index contributed by atoms with van der Waals surface area (Å²) in [5, 5.41) is 2.65. The lowest BCUT2D eigenvalue weighted by molar-refractivity contribution is 0.529. The smallest absolute Gasteiger partial charge is 0.0180 e. The van der Waals surface area contributed by atoms with Gasteiger partial charge in [-0.2, -0.15) is 0 Å². The fourth-order valence-corrected chi connectivity index (χ4v) is 3.30. The molecule has 0 saturated heterocycles. The van der Waals surface area contributed by atoms with Crippen molar-refractivity contribution in [1.29, 1.82) is 0 Å². The van der Waals surface area contributed by atoms with E-state index in [9.17, 15) is 0 Å². The zero-order chi connectivity index (χ0) is 14.7. The van der Waals surface area contributed by atoms with Gasteiger partial charge in [-0.3, -0.25) is 0 Å². The number of rotatable bonds is 4. The van der Waals surface area contributed by atoms with Crippen LogP contribution < -0.4 is 0 Å². The molecule has 0 aliphatic heterocycles. The second-order valence-electron chi connectivity index (χ2n) is 5.83. The molecule has 0 bridgehead atoms. The Morgan fingerprint density at radius 2 is 1.48 bits per heavy atom. The first-order valence-corrected chi connectivity index (χ1v) is 7.59. The molecule has 0 aliphatic rings. The molecule has 1 radical (unpaired) electrons. The molecule has 0 amide bonds. The van der Waals surface area contributed by atoms with Crippen LogP contribution in [0.15, 0.2) is 72.8 Å². The number of fused-ring (bicyclic) bond motifs is 1. The maximum atomic E-state index is 4.10. The molecule has 0 fully saturated rings. The third kappa shape index (κ3) is 2.47. The topological polar surface area (TPSA) is 0 Å². The molecule has 1 atom stereocenters. The summed E-state index contributed by atoms with van der Waals surface area (Å²) in [4.78, 5) is 0. The fraction of sp³-hybridized carbons (Fsp3) is 0.190. The minimum atomic E-state index is 0.00384. The van der Waals surface area contributed by atoms with Crippen molar-refractivity contribution in [2.75, 3.05) is 0 Å². The van der Waals surface area contributed by atoms with Gasteiger partial charge in [0.25, 0.3) is 0 Å².